The number of hydrogen-bond acceptors (Lipinski definition) is 4. The van der Waals surface area contributed by atoms with Gasteiger partial charge in [-0.1, -0.05) is 0 Å². The molecule has 0 aliphatic carbocycles. The first-order valence-corrected chi connectivity index (χ1v) is 5.87. The number of ether oxygens (including phenoxy) is 2. The van der Waals surface area contributed by atoms with Crippen molar-refractivity contribution in [2.24, 2.45) is 0 Å². The van der Waals surface area contributed by atoms with Crippen LogP contribution in [0.4, 0.5) is 0 Å². The topological polar surface area (TPSA) is 64.6 Å². The Morgan fingerprint density at radius 1 is 1.27 bits per heavy atom. The Bertz CT molecular complexity index is 495. The maximum absolute atomic E-state index is 11.6. The number of sulfonamides is 1. The number of rotatable bonds is 2. The van der Waals surface area contributed by atoms with E-state index in [2.05, 4.69) is 4.72 Å². The molecule has 0 amide bonds. The van der Waals surface area contributed by atoms with Crippen LogP contribution in [0.3, 0.4) is 0 Å². The largest absolute Gasteiger partial charge is 0.454 e. The van der Waals surface area contributed by atoms with E-state index in [1.54, 1.807) is 13.0 Å². The average molecular weight is 229 g/mol. The lowest BCUT2D eigenvalue weighted by Gasteiger charge is -2.07. The maximum atomic E-state index is 11.6. The Labute approximate surface area is 88.1 Å². The molecule has 1 aromatic carbocycles. The van der Waals surface area contributed by atoms with Crippen LogP contribution in [-0.2, 0) is 10.0 Å². The Hall–Kier alpha value is -1.27. The zero-order valence-corrected chi connectivity index (χ0v) is 9.22. The second-order valence-electron chi connectivity index (χ2n) is 3.18. The van der Waals surface area contributed by atoms with Crippen molar-refractivity contribution in [1.82, 2.24) is 4.72 Å². The number of nitrogens with one attached hydrogen (secondary N) is 1. The van der Waals surface area contributed by atoms with Crippen molar-refractivity contribution in [2.45, 2.75) is 11.8 Å². The summed E-state index contributed by atoms with van der Waals surface area (Å²) in [5.74, 6) is 1.05. The highest BCUT2D eigenvalue weighted by atomic mass is 32.2. The monoisotopic (exact) mass is 229 g/mol. The number of benzene rings is 1. The third-order valence-electron chi connectivity index (χ3n) is 2.23. The number of aryl methyl sites for hydroxylation is 1. The normalized spacial score (nSPS) is 14.3. The second kappa shape index (κ2) is 3.39. The molecular formula is C9H11NO4S. The molecule has 82 valence electrons. The molecule has 1 heterocycles. The zero-order valence-electron chi connectivity index (χ0n) is 8.40. The minimum atomic E-state index is -3.44. The fourth-order valence-corrected chi connectivity index (χ4v) is 2.39. The van der Waals surface area contributed by atoms with Gasteiger partial charge < -0.3 is 9.47 Å². The summed E-state index contributed by atoms with van der Waals surface area (Å²) in [5, 5.41) is 0. The predicted molar refractivity (Wildman–Crippen MR) is 53.5 cm³/mol. The third kappa shape index (κ3) is 1.66. The van der Waals surface area contributed by atoms with E-state index in [1.807, 2.05) is 0 Å². The number of hydrogen-bond donors (Lipinski definition) is 1. The summed E-state index contributed by atoms with van der Waals surface area (Å²) in [7, 11) is -2.06. The maximum Gasteiger partial charge on any atom is 0.240 e. The van der Waals surface area contributed by atoms with E-state index in [0.29, 0.717) is 17.1 Å². The molecule has 0 unspecified atom stereocenters. The van der Waals surface area contributed by atoms with Crippen LogP contribution < -0.4 is 14.2 Å². The highest BCUT2D eigenvalue weighted by Gasteiger charge is 2.21. The van der Waals surface area contributed by atoms with Crippen molar-refractivity contribution < 1.29 is 17.9 Å². The molecular weight excluding hydrogens is 218 g/mol. The van der Waals surface area contributed by atoms with Crippen molar-refractivity contribution >= 4 is 10.0 Å². The molecule has 1 aliphatic rings. The molecule has 1 aliphatic heterocycles. The second-order valence-corrected chi connectivity index (χ2v) is 5.03. The van der Waals surface area contributed by atoms with Crippen LogP contribution in [-0.4, -0.2) is 22.3 Å². The Morgan fingerprint density at radius 2 is 1.87 bits per heavy atom. The number of fused-ring (bicyclic) bond motifs is 1. The average Bonchev–Trinajstić information content (AvgIpc) is 2.63. The summed E-state index contributed by atoms with van der Waals surface area (Å²) in [4.78, 5) is 0.217. The van der Waals surface area contributed by atoms with Crippen molar-refractivity contribution in [2.75, 3.05) is 13.8 Å². The van der Waals surface area contributed by atoms with E-state index in [1.165, 1.54) is 13.1 Å². The van der Waals surface area contributed by atoms with Gasteiger partial charge in [-0.2, -0.15) is 0 Å². The van der Waals surface area contributed by atoms with E-state index >= 15 is 0 Å². The van der Waals surface area contributed by atoms with E-state index in [4.69, 9.17) is 9.47 Å². The Balaban J connectivity index is 2.60. The van der Waals surface area contributed by atoms with Crippen molar-refractivity contribution in [3.8, 4) is 11.5 Å². The van der Waals surface area contributed by atoms with Crippen LogP contribution in [0, 0.1) is 6.92 Å². The summed E-state index contributed by atoms with van der Waals surface area (Å²) in [5.41, 5.74) is 0.633. The highest BCUT2D eigenvalue weighted by Crippen LogP contribution is 2.35. The molecule has 0 fully saturated rings. The van der Waals surface area contributed by atoms with Gasteiger partial charge in [-0.15, -0.1) is 0 Å². The first kappa shape index (κ1) is 10.3. The van der Waals surface area contributed by atoms with Gasteiger partial charge in [0.15, 0.2) is 11.5 Å². The summed E-state index contributed by atoms with van der Waals surface area (Å²) >= 11 is 0. The van der Waals surface area contributed by atoms with Gasteiger partial charge in [0.25, 0.3) is 0 Å². The van der Waals surface area contributed by atoms with Crippen LogP contribution in [0.1, 0.15) is 5.56 Å². The highest BCUT2D eigenvalue weighted by molar-refractivity contribution is 7.89. The lowest BCUT2D eigenvalue weighted by Crippen LogP contribution is -2.19. The lowest BCUT2D eigenvalue weighted by molar-refractivity contribution is 0.174. The summed E-state index contributed by atoms with van der Waals surface area (Å²) in [6, 6.07) is 3.13. The first-order chi connectivity index (χ1) is 7.04. The molecule has 0 atom stereocenters. The zero-order chi connectivity index (χ0) is 11.1. The van der Waals surface area contributed by atoms with E-state index in [0.717, 1.165) is 0 Å². The van der Waals surface area contributed by atoms with Gasteiger partial charge in [0.1, 0.15) is 0 Å². The summed E-state index contributed by atoms with van der Waals surface area (Å²) < 4.78 is 35.8. The van der Waals surface area contributed by atoms with Crippen molar-refractivity contribution in [1.29, 1.82) is 0 Å². The molecule has 5 nitrogen and oxygen atoms in total. The van der Waals surface area contributed by atoms with Crippen molar-refractivity contribution in [3.63, 3.8) is 0 Å². The van der Waals surface area contributed by atoms with Gasteiger partial charge >= 0.3 is 0 Å². The van der Waals surface area contributed by atoms with E-state index < -0.39 is 10.0 Å². The third-order valence-corrected chi connectivity index (χ3v) is 3.78. The SMILES string of the molecule is CNS(=O)(=O)c1cc2c(cc1C)OCO2. The van der Waals surface area contributed by atoms with E-state index in [9.17, 15) is 8.42 Å². The van der Waals surface area contributed by atoms with Gasteiger partial charge in [0, 0.05) is 6.07 Å². The van der Waals surface area contributed by atoms with E-state index in [-0.39, 0.29) is 11.7 Å². The fraction of sp³-hybridized carbons (Fsp3) is 0.333. The molecule has 0 spiro atoms. The molecule has 0 saturated heterocycles. The lowest BCUT2D eigenvalue weighted by atomic mass is 10.2. The van der Waals surface area contributed by atoms with Crippen LogP contribution in [0.15, 0.2) is 17.0 Å². The van der Waals surface area contributed by atoms with Gasteiger partial charge in [-0.3, -0.25) is 0 Å². The van der Waals surface area contributed by atoms with Crippen LogP contribution in [0.25, 0.3) is 0 Å². The first-order valence-electron chi connectivity index (χ1n) is 4.38. The van der Waals surface area contributed by atoms with Crippen LogP contribution in [0.5, 0.6) is 11.5 Å². The quantitative estimate of drug-likeness (QED) is 0.808. The smallest absolute Gasteiger partial charge is 0.240 e. The molecule has 0 aromatic heterocycles. The van der Waals surface area contributed by atoms with Gasteiger partial charge in [-0.05, 0) is 25.6 Å². The van der Waals surface area contributed by atoms with Gasteiger partial charge in [-0.25, -0.2) is 13.1 Å². The summed E-state index contributed by atoms with van der Waals surface area (Å²) in [6.07, 6.45) is 0. The molecule has 1 N–H and O–H groups in total. The van der Waals surface area contributed by atoms with Gasteiger partial charge in [0.05, 0.1) is 4.90 Å². The fourth-order valence-electron chi connectivity index (χ4n) is 1.42. The standard InChI is InChI=1S/C9H11NO4S/c1-6-3-7-8(14-5-13-7)4-9(6)15(11,12)10-2/h3-4,10H,5H2,1-2H3. The van der Waals surface area contributed by atoms with Crippen LogP contribution >= 0.6 is 0 Å². The predicted octanol–water partition coefficient (Wildman–Crippen LogP) is 0.632. The molecule has 0 radical (unpaired) electrons. The molecule has 6 heteroatoms. The molecule has 0 saturated carbocycles. The Kier molecular flexibility index (Phi) is 2.32. The minimum Gasteiger partial charge on any atom is -0.454 e. The molecule has 1 aromatic rings. The molecule has 15 heavy (non-hydrogen) atoms. The minimum absolute atomic E-state index is 0.137. The molecule has 2 rings (SSSR count). The van der Waals surface area contributed by atoms with Crippen LogP contribution in [0.2, 0.25) is 0 Å². The van der Waals surface area contributed by atoms with Gasteiger partial charge in [0.2, 0.25) is 16.8 Å². The molecule has 0 bridgehead atoms. The Morgan fingerprint density at radius 3 is 2.47 bits per heavy atom. The van der Waals surface area contributed by atoms with Crippen molar-refractivity contribution in [3.05, 3.63) is 17.7 Å². The summed E-state index contributed by atoms with van der Waals surface area (Å²) in [6.45, 7) is 1.85.